The van der Waals surface area contributed by atoms with Gasteiger partial charge >= 0.3 is 0 Å². The highest BCUT2D eigenvalue weighted by atomic mass is 32.2. The first-order valence-electron chi connectivity index (χ1n) is 6.03. The third kappa shape index (κ3) is 3.79. The molecule has 0 atom stereocenters. The lowest BCUT2D eigenvalue weighted by Gasteiger charge is -2.09. The van der Waals surface area contributed by atoms with E-state index < -0.39 is 10.1 Å². The molecule has 104 valence electrons. The summed E-state index contributed by atoms with van der Waals surface area (Å²) in [5, 5.41) is 0. The van der Waals surface area contributed by atoms with Crippen LogP contribution in [0.3, 0.4) is 0 Å². The van der Waals surface area contributed by atoms with Crippen LogP contribution in [0.5, 0.6) is 0 Å². The number of hydrogen-bond acceptors (Lipinski definition) is 3. The van der Waals surface area contributed by atoms with Crippen LogP contribution in [-0.2, 0) is 22.3 Å². The van der Waals surface area contributed by atoms with Crippen molar-refractivity contribution in [2.75, 3.05) is 20.6 Å². The summed E-state index contributed by atoms with van der Waals surface area (Å²) in [5.41, 5.74) is 2.76. The van der Waals surface area contributed by atoms with Crippen LogP contribution in [0, 0.1) is 0 Å². The van der Waals surface area contributed by atoms with Crippen molar-refractivity contribution in [3.05, 3.63) is 41.7 Å². The molecule has 5 nitrogen and oxygen atoms in total. The summed E-state index contributed by atoms with van der Waals surface area (Å²) in [7, 11) is 0.0469. The molecule has 2 aromatic heterocycles. The fourth-order valence-corrected chi connectivity index (χ4v) is 2.66. The predicted octanol–water partition coefficient (Wildman–Crippen LogP) is 1.43. The first-order chi connectivity index (χ1) is 8.85. The third-order valence-electron chi connectivity index (χ3n) is 2.99. The van der Waals surface area contributed by atoms with E-state index in [1.165, 1.54) is 5.56 Å². The smallest absolute Gasteiger partial charge is 0.269 e. The topological polar surface area (TPSA) is 62.0 Å². The van der Waals surface area contributed by atoms with Gasteiger partial charge in [0.05, 0.1) is 0 Å². The fourth-order valence-electron chi connectivity index (χ4n) is 2.05. The molecule has 0 spiro atoms. The largest absolute Gasteiger partial charge is 0.324 e. The number of pyridine rings is 1. The molecule has 0 radical (unpaired) electrons. The number of rotatable bonds is 5. The van der Waals surface area contributed by atoms with Crippen LogP contribution in [0.2, 0.25) is 0 Å². The van der Waals surface area contributed by atoms with Gasteiger partial charge in [0.1, 0.15) is 5.75 Å². The second kappa shape index (κ2) is 5.32. The van der Waals surface area contributed by atoms with Gasteiger partial charge in [-0.3, -0.25) is 4.55 Å². The second-order valence-electron chi connectivity index (χ2n) is 4.95. The van der Waals surface area contributed by atoms with Crippen LogP contribution in [0.4, 0.5) is 0 Å². The van der Waals surface area contributed by atoms with Crippen LogP contribution in [0.15, 0.2) is 30.6 Å². The van der Waals surface area contributed by atoms with Gasteiger partial charge in [0.15, 0.2) is 0 Å². The Bertz CT molecular complexity index is 674. The zero-order valence-corrected chi connectivity index (χ0v) is 11.9. The Hall–Kier alpha value is -1.37. The quantitative estimate of drug-likeness (QED) is 0.843. The summed E-state index contributed by atoms with van der Waals surface area (Å²) in [6, 6.07) is 5.56. The van der Waals surface area contributed by atoms with Crippen molar-refractivity contribution in [2.24, 2.45) is 0 Å². The number of likely N-dealkylation sites (N-methyl/N-ethyl adjacent to an activating group) is 1. The Labute approximate surface area is 113 Å². The molecule has 0 aliphatic rings. The zero-order valence-electron chi connectivity index (χ0n) is 11.1. The molecule has 0 aromatic carbocycles. The van der Waals surface area contributed by atoms with Gasteiger partial charge in [-0.25, -0.2) is 0 Å². The highest BCUT2D eigenvalue weighted by Gasteiger charge is 2.09. The van der Waals surface area contributed by atoms with E-state index in [2.05, 4.69) is 4.90 Å². The van der Waals surface area contributed by atoms with E-state index in [1.807, 2.05) is 43.0 Å². The molecule has 0 saturated heterocycles. The molecule has 2 rings (SSSR count). The van der Waals surface area contributed by atoms with Gasteiger partial charge in [0.25, 0.3) is 10.1 Å². The maximum Gasteiger partial charge on any atom is 0.269 e. The van der Waals surface area contributed by atoms with Gasteiger partial charge in [-0.15, -0.1) is 0 Å². The van der Waals surface area contributed by atoms with Crippen LogP contribution >= 0.6 is 0 Å². The molecular formula is C13H18N2O3S. The van der Waals surface area contributed by atoms with Gasteiger partial charge in [0, 0.05) is 24.5 Å². The summed E-state index contributed by atoms with van der Waals surface area (Å²) in [4.78, 5) is 2.10. The lowest BCUT2D eigenvalue weighted by molar-refractivity contribution is 0.414. The van der Waals surface area contributed by atoms with Crippen LogP contribution in [0.1, 0.15) is 11.1 Å². The summed E-state index contributed by atoms with van der Waals surface area (Å²) in [6.45, 7) is 0.933. The molecule has 0 aliphatic heterocycles. The Morgan fingerprint density at radius 3 is 2.58 bits per heavy atom. The Kier molecular flexibility index (Phi) is 3.93. The second-order valence-corrected chi connectivity index (χ2v) is 6.40. The standard InChI is InChI=1S/C13H18N2O3S/c1-14(2)6-4-12-5-8-15-7-3-11(9-13(12)15)10-19(16,17)18/h3,5,7-9H,4,6,10H2,1-2H3,(H,16,17,18). The molecule has 2 heterocycles. The monoisotopic (exact) mass is 282 g/mol. The van der Waals surface area contributed by atoms with Gasteiger partial charge in [-0.05, 0) is 49.8 Å². The van der Waals surface area contributed by atoms with Crippen LogP contribution in [0.25, 0.3) is 5.52 Å². The maximum atomic E-state index is 10.9. The van der Waals surface area contributed by atoms with E-state index in [0.29, 0.717) is 5.56 Å². The van der Waals surface area contributed by atoms with Crippen molar-refractivity contribution in [3.63, 3.8) is 0 Å². The number of aromatic nitrogens is 1. The first kappa shape index (κ1) is 14.0. The van der Waals surface area contributed by atoms with Crippen molar-refractivity contribution in [3.8, 4) is 0 Å². The maximum absolute atomic E-state index is 10.9. The molecule has 2 aromatic rings. The highest BCUT2D eigenvalue weighted by Crippen LogP contribution is 2.16. The van der Waals surface area contributed by atoms with E-state index in [-0.39, 0.29) is 5.75 Å². The number of fused-ring (bicyclic) bond motifs is 1. The molecule has 0 unspecified atom stereocenters. The van der Waals surface area contributed by atoms with Crippen molar-refractivity contribution in [1.82, 2.24) is 9.30 Å². The SMILES string of the molecule is CN(C)CCc1ccn2ccc(CS(=O)(=O)O)cc12. The molecule has 6 heteroatoms. The van der Waals surface area contributed by atoms with E-state index in [4.69, 9.17) is 4.55 Å². The molecule has 0 saturated carbocycles. The van der Waals surface area contributed by atoms with E-state index in [9.17, 15) is 8.42 Å². The van der Waals surface area contributed by atoms with Crippen LogP contribution in [-0.4, -0.2) is 42.9 Å². The van der Waals surface area contributed by atoms with Gasteiger partial charge in [0.2, 0.25) is 0 Å². The van der Waals surface area contributed by atoms with Gasteiger partial charge in [-0.1, -0.05) is 0 Å². The van der Waals surface area contributed by atoms with E-state index in [0.717, 1.165) is 18.5 Å². The average Bonchev–Trinajstić information content (AvgIpc) is 2.66. The molecule has 0 aliphatic carbocycles. The van der Waals surface area contributed by atoms with Crippen molar-refractivity contribution in [2.45, 2.75) is 12.2 Å². The molecule has 0 amide bonds. The molecule has 0 bridgehead atoms. The van der Waals surface area contributed by atoms with Crippen LogP contribution < -0.4 is 0 Å². The minimum atomic E-state index is -3.98. The van der Waals surface area contributed by atoms with Gasteiger partial charge < -0.3 is 9.30 Å². The minimum absolute atomic E-state index is 0.345. The van der Waals surface area contributed by atoms with E-state index in [1.54, 1.807) is 6.07 Å². The molecule has 0 fully saturated rings. The van der Waals surface area contributed by atoms with Gasteiger partial charge in [-0.2, -0.15) is 8.42 Å². The summed E-state index contributed by atoms with van der Waals surface area (Å²) in [6.07, 6.45) is 4.67. The summed E-state index contributed by atoms with van der Waals surface area (Å²) in [5.74, 6) is -0.345. The van der Waals surface area contributed by atoms with Crippen molar-refractivity contribution in [1.29, 1.82) is 0 Å². The normalized spacial score (nSPS) is 12.4. The van der Waals surface area contributed by atoms with Crippen molar-refractivity contribution >= 4 is 15.6 Å². The summed E-state index contributed by atoms with van der Waals surface area (Å²) < 4.78 is 32.7. The number of hydrogen-bond donors (Lipinski definition) is 1. The van der Waals surface area contributed by atoms with E-state index >= 15 is 0 Å². The fraction of sp³-hybridized carbons (Fsp3) is 0.385. The molecule has 19 heavy (non-hydrogen) atoms. The molecular weight excluding hydrogens is 264 g/mol. The average molecular weight is 282 g/mol. The predicted molar refractivity (Wildman–Crippen MR) is 74.9 cm³/mol. The number of nitrogens with zero attached hydrogens (tertiary/aromatic N) is 2. The highest BCUT2D eigenvalue weighted by molar-refractivity contribution is 7.85. The van der Waals surface area contributed by atoms with Crippen molar-refractivity contribution < 1.29 is 13.0 Å². The summed E-state index contributed by atoms with van der Waals surface area (Å²) >= 11 is 0. The zero-order chi connectivity index (χ0) is 14.0. The Balaban J connectivity index is 2.31. The Morgan fingerprint density at radius 2 is 1.95 bits per heavy atom. The Morgan fingerprint density at radius 1 is 1.26 bits per heavy atom. The minimum Gasteiger partial charge on any atom is -0.324 e. The molecule has 1 N–H and O–H groups in total. The first-order valence-corrected chi connectivity index (χ1v) is 7.64. The lowest BCUT2D eigenvalue weighted by atomic mass is 10.1. The third-order valence-corrected chi connectivity index (χ3v) is 3.69. The lowest BCUT2D eigenvalue weighted by Crippen LogP contribution is -2.14.